The number of rotatable bonds is 6. The summed E-state index contributed by atoms with van der Waals surface area (Å²) < 4.78 is 2.10. The fourth-order valence-corrected chi connectivity index (χ4v) is 3.36. The molecule has 1 aliphatic rings. The van der Waals surface area contributed by atoms with Gasteiger partial charge in [-0.25, -0.2) is 4.79 Å². The Morgan fingerprint density at radius 3 is 2.63 bits per heavy atom. The van der Waals surface area contributed by atoms with E-state index in [2.05, 4.69) is 10.4 Å². The standard InChI is InChI=1S/C22H21ClN4O3/c1-14-5-2-3-6-16(14)13-26-21(29)19(20(28)24-12-15-9-10-15)25-27(22(26)30)18-8-4-7-17(23)11-18/h2-8,11,15H,9-10,12-13H2,1H3,(H,24,28). The first kappa shape index (κ1) is 20.1. The van der Waals surface area contributed by atoms with Gasteiger partial charge in [0, 0.05) is 11.6 Å². The second-order valence-electron chi connectivity index (χ2n) is 7.49. The lowest BCUT2D eigenvalue weighted by Crippen LogP contribution is -2.46. The highest BCUT2D eigenvalue weighted by Crippen LogP contribution is 2.27. The summed E-state index contributed by atoms with van der Waals surface area (Å²) in [5.74, 6) is -0.136. The van der Waals surface area contributed by atoms with Crippen LogP contribution >= 0.6 is 11.6 Å². The smallest absolute Gasteiger partial charge is 0.350 e. The third kappa shape index (κ3) is 4.21. The minimum atomic E-state index is -0.713. The van der Waals surface area contributed by atoms with Gasteiger partial charge < -0.3 is 5.32 Å². The van der Waals surface area contributed by atoms with E-state index in [1.165, 1.54) is 0 Å². The zero-order chi connectivity index (χ0) is 21.3. The largest absolute Gasteiger partial charge is 0.352 e. The number of amides is 1. The third-order valence-electron chi connectivity index (χ3n) is 5.17. The summed E-state index contributed by atoms with van der Waals surface area (Å²) in [5, 5.41) is 7.28. The fraction of sp³-hybridized carbons (Fsp3) is 0.273. The van der Waals surface area contributed by atoms with E-state index in [9.17, 15) is 14.4 Å². The van der Waals surface area contributed by atoms with Crippen molar-refractivity contribution < 1.29 is 4.79 Å². The van der Waals surface area contributed by atoms with Crippen LogP contribution in [0.15, 0.2) is 58.1 Å². The first-order chi connectivity index (χ1) is 14.4. The molecule has 1 fully saturated rings. The van der Waals surface area contributed by atoms with Crippen molar-refractivity contribution in [2.75, 3.05) is 6.54 Å². The van der Waals surface area contributed by atoms with E-state index >= 15 is 0 Å². The van der Waals surface area contributed by atoms with Gasteiger partial charge in [0.15, 0.2) is 0 Å². The zero-order valence-electron chi connectivity index (χ0n) is 16.5. The number of hydrogen-bond acceptors (Lipinski definition) is 4. The van der Waals surface area contributed by atoms with E-state index in [0.717, 1.165) is 33.2 Å². The average Bonchev–Trinajstić information content (AvgIpc) is 3.55. The number of benzene rings is 2. The summed E-state index contributed by atoms with van der Waals surface area (Å²) in [7, 11) is 0. The van der Waals surface area contributed by atoms with Crippen molar-refractivity contribution >= 4 is 17.5 Å². The molecule has 154 valence electrons. The molecule has 1 amide bonds. The molecule has 0 aliphatic heterocycles. The number of nitrogens with zero attached hydrogens (tertiary/aromatic N) is 3. The van der Waals surface area contributed by atoms with Gasteiger partial charge in [0.1, 0.15) is 0 Å². The van der Waals surface area contributed by atoms with E-state index in [1.54, 1.807) is 24.3 Å². The highest BCUT2D eigenvalue weighted by molar-refractivity contribution is 6.30. The molecular formula is C22H21ClN4O3. The molecule has 0 atom stereocenters. The van der Waals surface area contributed by atoms with Crippen molar-refractivity contribution in [3.63, 3.8) is 0 Å². The Morgan fingerprint density at radius 1 is 1.17 bits per heavy atom. The highest BCUT2D eigenvalue weighted by Gasteiger charge is 2.25. The summed E-state index contributed by atoms with van der Waals surface area (Å²) in [4.78, 5) is 38.9. The molecule has 0 spiro atoms. The van der Waals surface area contributed by atoms with Crippen molar-refractivity contribution in [2.45, 2.75) is 26.3 Å². The van der Waals surface area contributed by atoms with Gasteiger partial charge in [-0.2, -0.15) is 9.78 Å². The summed E-state index contributed by atoms with van der Waals surface area (Å²) in [6, 6.07) is 14.0. The molecule has 0 saturated heterocycles. The summed E-state index contributed by atoms with van der Waals surface area (Å²) in [5.41, 5.74) is 0.463. The van der Waals surface area contributed by atoms with Crippen molar-refractivity contribution in [1.29, 1.82) is 0 Å². The molecule has 1 heterocycles. The summed E-state index contributed by atoms with van der Waals surface area (Å²) in [6.07, 6.45) is 2.13. The van der Waals surface area contributed by atoms with Crippen LogP contribution in [0.5, 0.6) is 0 Å². The molecule has 8 heteroatoms. The number of carbonyl (C=O) groups excluding carboxylic acids is 1. The lowest BCUT2D eigenvalue weighted by Gasteiger charge is -2.13. The normalized spacial score (nSPS) is 13.3. The Bertz CT molecular complexity index is 1230. The molecule has 1 aliphatic carbocycles. The SMILES string of the molecule is Cc1ccccc1Cn1c(=O)c(C(=O)NCC2CC2)nn(-c2cccc(Cl)c2)c1=O. The predicted octanol–water partition coefficient (Wildman–Crippen LogP) is 2.54. The maximum absolute atomic E-state index is 13.2. The van der Waals surface area contributed by atoms with Gasteiger partial charge in [0.2, 0.25) is 5.69 Å². The molecule has 30 heavy (non-hydrogen) atoms. The van der Waals surface area contributed by atoms with E-state index in [0.29, 0.717) is 23.2 Å². The minimum Gasteiger partial charge on any atom is -0.350 e. The molecule has 0 bridgehead atoms. The van der Waals surface area contributed by atoms with Gasteiger partial charge in [-0.3, -0.25) is 14.2 Å². The number of halogens is 1. The Kier molecular flexibility index (Phi) is 5.55. The van der Waals surface area contributed by atoms with E-state index in [1.807, 2.05) is 31.2 Å². The predicted molar refractivity (Wildman–Crippen MR) is 114 cm³/mol. The second kappa shape index (κ2) is 8.28. The Morgan fingerprint density at radius 2 is 1.93 bits per heavy atom. The van der Waals surface area contributed by atoms with Gasteiger partial charge in [0.05, 0.1) is 12.2 Å². The van der Waals surface area contributed by atoms with Crippen molar-refractivity contribution in [2.24, 2.45) is 5.92 Å². The molecule has 0 radical (unpaired) electrons. The Labute approximate surface area is 177 Å². The van der Waals surface area contributed by atoms with E-state index < -0.39 is 17.2 Å². The van der Waals surface area contributed by atoms with E-state index in [4.69, 9.17) is 11.6 Å². The molecule has 2 aromatic carbocycles. The van der Waals surface area contributed by atoms with Crippen LogP contribution < -0.4 is 16.6 Å². The number of aryl methyl sites for hydroxylation is 1. The number of aromatic nitrogens is 3. The molecule has 3 aromatic rings. The van der Waals surface area contributed by atoms with Crippen LogP contribution in [0.3, 0.4) is 0 Å². The first-order valence-electron chi connectivity index (χ1n) is 9.77. The number of hydrogen-bond donors (Lipinski definition) is 1. The van der Waals surface area contributed by atoms with Gasteiger partial charge in [-0.05, 0) is 55.0 Å². The maximum atomic E-state index is 13.2. The van der Waals surface area contributed by atoms with Crippen LogP contribution in [-0.4, -0.2) is 26.8 Å². The monoisotopic (exact) mass is 424 g/mol. The Hall–Kier alpha value is -3.19. The van der Waals surface area contributed by atoms with Crippen LogP contribution in [0.1, 0.15) is 34.5 Å². The van der Waals surface area contributed by atoms with Gasteiger partial charge in [-0.1, -0.05) is 41.9 Å². The fourth-order valence-electron chi connectivity index (χ4n) is 3.17. The first-order valence-corrected chi connectivity index (χ1v) is 10.1. The van der Waals surface area contributed by atoms with Gasteiger partial charge in [-0.15, -0.1) is 0 Å². The van der Waals surface area contributed by atoms with Crippen molar-refractivity contribution in [3.05, 3.63) is 91.2 Å². The molecule has 7 nitrogen and oxygen atoms in total. The van der Waals surface area contributed by atoms with Crippen molar-refractivity contribution in [1.82, 2.24) is 19.7 Å². The van der Waals surface area contributed by atoms with Crippen LogP contribution in [0.2, 0.25) is 5.02 Å². The molecule has 1 saturated carbocycles. The topological polar surface area (TPSA) is 86.0 Å². The van der Waals surface area contributed by atoms with Crippen LogP contribution in [0.4, 0.5) is 0 Å². The molecule has 0 unspecified atom stereocenters. The molecular weight excluding hydrogens is 404 g/mol. The Balaban J connectivity index is 1.84. The quantitative estimate of drug-likeness (QED) is 0.658. The number of nitrogens with one attached hydrogen (secondary N) is 1. The molecule has 4 rings (SSSR count). The summed E-state index contributed by atoms with van der Waals surface area (Å²) >= 11 is 6.07. The van der Waals surface area contributed by atoms with Crippen LogP contribution in [-0.2, 0) is 6.54 Å². The average molecular weight is 425 g/mol. The lowest BCUT2D eigenvalue weighted by atomic mass is 10.1. The van der Waals surface area contributed by atoms with E-state index in [-0.39, 0.29) is 12.2 Å². The van der Waals surface area contributed by atoms with Crippen LogP contribution in [0, 0.1) is 12.8 Å². The maximum Gasteiger partial charge on any atom is 0.352 e. The van der Waals surface area contributed by atoms with Crippen molar-refractivity contribution in [3.8, 4) is 5.69 Å². The lowest BCUT2D eigenvalue weighted by molar-refractivity contribution is 0.0942. The van der Waals surface area contributed by atoms with Gasteiger partial charge >= 0.3 is 5.69 Å². The minimum absolute atomic E-state index is 0.0380. The second-order valence-corrected chi connectivity index (χ2v) is 7.93. The third-order valence-corrected chi connectivity index (χ3v) is 5.40. The summed E-state index contributed by atoms with van der Waals surface area (Å²) in [6.45, 7) is 2.44. The highest BCUT2D eigenvalue weighted by atomic mass is 35.5. The van der Waals surface area contributed by atoms with Crippen LogP contribution in [0.25, 0.3) is 5.69 Å². The zero-order valence-corrected chi connectivity index (χ0v) is 17.2. The number of carbonyl (C=O) groups is 1. The molecule has 1 N–H and O–H groups in total. The molecule has 1 aromatic heterocycles. The van der Waals surface area contributed by atoms with Gasteiger partial charge in [0.25, 0.3) is 11.5 Å².